The van der Waals surface area contributed by atoms with E-state index in [0.29, 0.717) is 5.75 Å². The summed E-state index contributed by atoms with van der Waals surface area (Å²) in [5, 5.41) is 5.00. The first-order valence-electron chi connectivity index (χ1n) is 6.79. The van der Waals surface area contributed by atoms with Gasteiger partial charge in [-0.3, -0.25) is 9.78 Å². The van der Waals surface area contributed by atoms with Crippen LogP contribution >= 0.6 is 23.1 Å². The van der Waals surface area contributed by atoms with Crippen molar-refractivity contribution in [2.24, 2.45) is 0 Å². The van der Waals surface area contributed by atoms with Crippen LogP contribution in [0.3, 0.4) is 0 Å². The first kappa shape index (κ1) is 16.0. The van der Waals surface area contributed by atoms with E-state index in [1.54, 1.807) is 17.5 Å². The number of thiazole rings is 1. The van der Waals surface area contributed by atoms with Crippen LogP contribution in [0, 0.1) is 13.8 Å². The van der Waals surface area contributed by atoms with Crippen LogP contribution < -0.4 is 5.32 Å². The number of rotatable bonds is 6. The average Bonchev–Trinajstić information content (AvgIpc) is 2.85. The minimum absolute atomic E-state index is 0.0361. The van der Waals surface area contributed by atoms with Crippen LogP contribution in [0.4, 0.5) is 0 Å². The molecule has 0 aliphatic carbocycles. The second kappa shape index (κ2) is 7.56. The SMILES string of the molecule is Cc1csc(SCC(=O)NC(C)Cc2ncccc2C)n1. The molecule has 1 amide bonds. The van der Waals surface area contributed by atoms with Crippen LogP contribution in [0.25, 0.3) is 0 Å². The van der Waals surface area contributed by atoms with E-state index in [1.807, 2.05) is 38.3 Å². The molecular formula is C15H19N3OS2. The Balaban J connectivity index is 1.78. The molecule has 21 heavy (non-hydrogen) atoms. The van der Waals surface area contributed by atoms with Gasteiger partial charge in [-0.15, -0.1) is 11.3 Å². The monoisotopic (exact) mass is 321 g/mol. The summed E-state index contributed by atoms with van der Waals surface area (Å²) in [5.74, 6) is 0.437. The summed E-state index contributed by atoms with van der Waals surface area (Å²) in [6.07, 6.45) is 2.54. The van der Waals surface area contributed by atoms with Gasteiger partial charge in [-0.25, -0.2) is 4.98 Å². The Bertz CT molecular complexity index is 612. The van der Waals surface area contributed by atoms with E-state index in [2.05, 4.69) is 15.3 Å². The van der Waals surface area contributed by atoms with Crippen molar-refractivity contribution in [1.29, 1.82) is 0 Å². The van der Waals surface area contributed by atoms with Crippen LogP contribution in [-0.4, -0.2) is 27.7 Å². The van der Waals surface area contributed by atoms with Crippen LogP contribution in [-0.2, 0) is 11.2 Å². The molecular weight excluding hydrogens is 302 g/mol. The fraction of sp³-hybridized carbons (Fsp3) is 0.400. The Labute approximate surface area is 133 Å². The fourth-order valence-electron chi connectivity index (χ4n) is 1.92. The zero-order valence-corrected chi connectivity index (χ0v) is 14.1. The third-order valence-electron chi connectivity index (χ3n) is 2.95. The Hall–Kier alpha value is -1.40. The van der Waals surface area contributed by atoms with Crippen molar-refractivity contribution in [2.45, 2.75) is 37.6 Å². The van der Waals surface area contributed by atoms with Gasteiger partial charge in [0.15, 0.2) is 4.34 Å². The van der Waals surface area contributed by atoms with E-state index in [4.69, 9.17) is 0 Å². The third-order valence-corrected chi connectivity index (χ3v) is 5.09. The molecule has 0 radical (unpaired) electrons. The number of nitrogens with one attached hydrogen (secondary N) is 1. The standard InChI is InChI=1S/C15H19N3OS2/c1-10-5-4-6-16-13(10)7-11(2)17-14(19)9-21-15-18-12(3)8-20-15/h4-6,8,11H,7,9H2,1-3H3,(H,17,19). The number of amides is 1. The molecule has 0 aromatic carbocycles. The summed E-state index contributed by atoms with van der Waals surface area (Å²) in [4.78, 5) is 20.6. The average molecular weight is 321 g/mol. The van der Waals surface area contributed by atoms with Crippen molar-refractivity contribution >= 4 is 29.0 Å². The Morgan fingerprint density at radius 1 is 1.48 bits per heavy atom. The maximum Gasteiger partial charge on any atom is 0.230 e. The van der Waals surface area contributed by atoms with E-state index in [1.165, 1.54) is 11.8 Å². The molecule has 0 aliphatic rings. The second-order valence-electron chi connectivity index (χ2n) is 4.98. The molecule has 0 fully saturated rings. The van der Waals surface area contributed by atoms with Gasteiger partial charge < -0.3 is 5.32 Å². The molecule has 2 aromatic rings. The zero-order valence-electron chi connectivity index (χ0n) is 12.4. The highest BCUT2D eigenvalue weighted by molar-refractivity contribution is 8.01. The molecule has 0 aliphatic heterocycles. The van der Waals surface area contributed by atoms with Gasteiger partial charge in [-0.1, -0.05) is 17.8 Å². The number of aryl methyl sites for hydroxylation is 2. The summed E-state index contributed by atoms with van der Waals surface area (Å²) < 4.78 is 0.941. The normalized spacial score (nSPS) is 12.1. The van der Waals surface area contributed by atoms with Gasteiger partial charge in [0.2, 0.25) is 5.91 Å². The van der Waals surface area contributed by atoms with E-state index in [0.717, 1.165) is 27.7 Å². The molecule has 0 saturated heterocycles. The lowest BCUT2D eigenvalue weighted by atomic mass is 10.1. The Kier molecular flexibility index (Phi) is 5.76. The molecule has 112 valence electrons. The number of hydrogen-bond donors (Lipinski definition) is 1. The first-order valence-corrected chi connectivity index (χ1v) is 8.66. The van der Waals surface area contributed by atoms with Gasteiger partial charge in [0.25, 0.3) is 0 Å². The van der Waals surface area contributed by atoms with E-state index in [-0.39, 0.29) is 11.9 Å². The number of carbonyl (C=O) groups is 1. The lowest BCUT2D eigenvalue weighted by Crippen LogP contribution is -2.35. The number of carbonyl (C=O) groups excluding carboxylic acids is 1. The predicted molar refractivity (Wildman–Crippen MR) is 87.9 cm³/mol. The fourth-order valence-corrected chi connectivity index (χ4v) is 3.58. The van der Waals surface area contributed by atoms with Crippen molar-refractivity contribution in [3.63, 3.8) is 0 Å². The molecule has 0 spiro atoms. The zero-order chi connectivity index (χ0) is 15.2. The van der Waals surface area contributed by atoms with Crippen molar-refractivity contribution in [1.82, 2.24) is 15.3 Å². The van der Waals surface area contributed by atoms with Crippen LogP contribution in [0.2, 0.25) is 0 Å². The smallest absolute Gasteiger partial charge is 0.230 e. The molecule has 0 saturated carbocycles. The number of nitrogens with zero attached hydrogens (tertiary/aromatic N) is 2. The number of aromatic nitrogens is 2. The molecule has 2 heterocycles. The van der Waals surface area contributed by atoms with Crippen LogP contribution in [0.5, 0.6) is 0 Å². The van der Waals surface area contributed by atoms with Gasteiger partial charge >= 0.3 is 0 Å². The van der Waals surface area contributed by atoms with Gasteiger partial charge in [0, 0.05) is 35.4 Å². The molecule has 2 aromatic heterocycles. The van der Waals surface area contributed by atoms with Crippen LogP contribution in [0.1, 0.15) is 23.9 Å². The maximum atomic E-state index is 11.9. The lowest BCUT2D eigenvalue weighted by molar-refractivity contribution is -0.119. The Morgan fingerprint density at radius 3 is 2.95 bits per heavy atom. The summed E-state index contributed by atoms with van der Waals surface area (Å²) in [6.45, 7) is 6.00. The summed E-state index contributed by atoms with van der Waals surface area (Å²) in [6, 6.07) is 4.04. The molecule has 2 rings (SSSR count). The predicted octanol–water partition coefficient (Wildman–Crippen LogP) is 2.99. The van der Waals surface area contributed by atoms with Gasteiger partial charge in [-0.05, 0) is 32.4 Å². The highest BCUT2D eigenvalue weighted by atomic mass is 32.2. The molecule has 1 unspecified atom stereocenters. The summed E-state index contributed by atoms with van der Waals surface area (Å²) in [5.41, 5.74) is 3.20. The minimum atomic E-state index is 0.0361. The van der Waals surface area contributed by atoms with Crippen LogP contribution in [0.15, 0.2) is 28.0 Å². The largest absolute Gasteiger partial charge is 0.353 e. The second-order valence-corrected chi connectivity index (χ2v) is 7.06. The molecule has 1 N–H and O–H groups in total. The third kappa shape index (κ3) is 5.13. The van der Waals surface area contributed by atoms with Gasteiger partial charge in [0.05, 0.1) is 5.75 Å². The topological polar surface area (TPSA) is 54.9 Å². The first-order chi connectivity index (χ1) is 10.0. The quantitative estimate of drug-likeness (QED) is 0.831. The van der Waals surface area contributed by atoms with E-state index < -0.39 is 0 Å². The molecule has 0 bridgehead atoms. The summed E-state index contributed by atoms with van der Waals surface area (Å²) >= 11 is 3.06. The van der Waals surface area contributed by atoms with Gasteiger partial charge in [0.1, 0.15) is 0 Å². The van der Waals surface area contributed by atoms with Gasteiger partial charge in [-0.2, -0.15) is 0 Å². The lowest BCUT2D eigenvalue weighted by Gasteiger charge is -2.14. The number of hydrogen-bond acceptors (Lipinski definition) is 5. The molecule has 1 atom stereocenters. The summed E-state index contributed by atoms with van der Waals surface area (Å²) in [7, 11) is 0. The van der Waals surface area contributed by atoms with Crippen molar-refractivity contribution in [3.8, 4) is 0 Å². The van der Waals surface area contributed by atoms with Crippen molar-refractivity contribution in [3.05, 3.63) is 40.7 Å². The highest BCUT2D eigenvalue weighted by Gasteiger charge is 2.11. The maximum absolute atomic E-state index is 11.9. The van der Waals surface area contributed by atoms with E-state index >= 15 is 0 Å². The minimum Gasteiger partial charge on any atom is -0.353 e. The highest BCUT2D eigenvalue weighted by Crippen LogP contribution is 2.21. The number of thioether (sulfide) groups is 1. The van der Waals surface area contributed by atoms with Crippen molar-refractivity contribution < 1.29 is 4.79 Å². The van der Waals surface area contributed by atoms with E-state index in [9.17, 15) is 4.79 Å². The Morgan fingerprint density at radius 2 is 2.29 bits per heavy atom. The number of pyridine rings is 1. The molecule has 4 nitrogen and oxygen atoms in total. The van der Waals surface area contributed by atoms with Crippen molar-refractivity contribution in [2.75, 3.05) is 5.75 Å². The molecule has 6 heteroatoms.